The third kappa shape index (κ3) is 2.14. The number of aliphatic hydroxyl groups excluding tert-OH is 1. The average molecular weight is 191 g/mol. The molecular weight excluding hydrogens is 172 g/mol. The van der Waals surface area contributed by atoms with Crippen LogP contribution in [0.1, 0.15) is 40.0 Å². The summed E-state index contributed by atoms with van der Waals surface area (Å²) < 4.78 is 0. The van der Waals surface area contributed by atoms with Crippen molar-refractivity contribution in [1.82, 2.24) is 0 Å². The van der Waals surface area contributed by atoms with Gasteiger partial charge in [-0.15, -0.1) is 11.6 Å². The highest BCUT2D eigenvalue weighted by Gasteiger charge is 2.37. The first-order valence-corrected chi connectivity index (χ1v) is 5.18. The zero-order chi connectivity index (χ0) is 9.35. The zero-order valence-electron chi connectivity index (χ0n) is 8.18. The maximum Gasteiger partial charge on any atom is 0.0706 e. The lowest BCUT2D eigenvalue weighted by Gasteiger charge is -2.39. The molecule has 1 aliphatic carbocycles. The van der Waals surface area contributed by atoms with Gasteiger partial charge in [-0.3, -0.25) is 0 Å². The van der Waals surface area contributed by atoms with Crippen LogP contribution in [-0.4, -0.2) is 16.6 Å². The van der Waals surface area contributed by atoms with Gasteiger partial charge in [0.15, 0.2) is 0 Å². The van der Waals surface area contributed by atoms with Crippen LogP contribution in [0, 0.1) is 11.3 Å². The molecule has 3 atom stereocenters. The number of hydrogen-bond acceptors (Lipinski definition) is 1. The van der Waals surface area contributed by atoms with E-state index in [0.717, 1.165) is 19.3 Å². The molecule has 1 N–H and O–H groups in total. The van der Waals surface area contributed by atoms with Crippen LogP contribution in [0.2, 0.25) is 0 Å². The Morgan fingerprint density at radius 3 is 2.25 bits per heavy atom. The van der Waals surface area contributed by atoms with Gasteiger partial charge < -0.3 is 5.11 Å². The molecule has 0 aromatic rings. The minimum atomic E-state index is -0.287. The van der Waals surface area contributed by atoms with Crippen molar-refractivity contribution < 1.29 is 5.11 Å². The van der Waals surface area contributed by atoms with Crippen molar-refractivity contribution in [2.45, 2.75) is 51.5 Å². The lowest BCUT2D eigenvalue weighted by atomic mass is 9.71. The van der Waals surface area contributed by atoms with Gasteiger partial charge in [-0.05, 0) is 24.2 Å². The van der Waals surface area contributed by atoms with Crippen LogP contribution in [0.25, 0.3) is 0 Å². The first-order valence-electron chi connectivity index (χ1n) is 4.75. The zero-order valence-corrected chi connectivity index (χ0v) is 8.93. The molecule has 72 valence electrons. The Morgan fingerprint density at radius 2 is 1.83 bits per heavy atom. The quantitative estimate of drug-likeness (QED) is 0.583. The van der Waals surface area contributed by atoms with Gasteiger partial charge in [-0.25, -0.2) is 0 Å². The molecule has 0 saturated heterocycles. The van der Waals surface area contributed by atoms with Crippen LogP contribution in [-0.2, 0) is 0 Å². The van der Waals surface area contributed by atoms with Crippen molar-refractivity contribution >= 4 is 11.6 Å². The maximum absolute atomic E-state index is 9.58. The Hall–Kier alpha value is 0.250. The van der Waals surface area contributed by atoms with Gasteiger partial charge in [0.2, 0.25) is 0 Å². The Bertz CT molecular complexity index is 150. The largest absolute Gasteiger partial charge is 0.392 e. The van der Waals surface area contributed by atoms with Crippen molar-refractivity contribution in [2.24, 2.45) is 11.3 Å². The van der Waals surface area contributed by atoms with E-state index in [9.17, 15) is 5.11 Å². The molecule has 0 aromatic carbocycles. The van der Waals surface area contributed by atoms with E-state index >= 15 is 0 Å². The molecular formula is C10H19ClO. The Labute approximate surface area is 80.1 Å². The topological polar surface area (TPSA) is 20.2 Å². The maximum atomic E-state index is 9.58. The fourth-order valence-electron chi connectivity index (χ4n) is 2.04. The monoisotopic (exact) mass is 190 g/mol. The number of aliphatic hydroxyl groups is 1. The average Bonchev–Trinajstić information content (AvgIpc) is 1.92. The van der Waals surface area contributed by atoms with E-state index < -0.39 is 0 Å². The van der Waals surface area contributed by atoms with E-state index in [0.29, 0.717) is 5.92 Å². The fraction of sp³-hybridized carbons (Fsp3) is 1.00. The lowest BCUT2D eigenvalue weighted by molar-refractivity contribution is 0.0640. The molecule has 1 aliphatic rings. The Balaban J connectivity index is 2.64. The van der Waals surface area contributed by atoms with Crippen molar-refractivity contribution in [3.63, 3.8) is 0 Å². The van der Waals surface area contributed by atoms with Crippen LogP contribution < -0.4 is 0 Å². The van der Waals surface area contributed by atoms with E-state index in [2.05, 4.69) is 20.8 Å². The predicted octanol–water partition coefficient (Wildman–Crippen LogP) is 2.80. The Morgan fingerprint density at radius 1 is 1.25 bits per heavy atom. The van der Waals surface area contributed by atoms with Gasteiger partial charge in [0.1, 0.15) is 0 Å². The third-order valence-corrected chi connectivity index (χ3v) is 3.47. The lowest BCUT2D eigenvalue weighted by Crippen LogP contribution is -2.40. The van der Waals surface area contributed by atoms with Gasteiger partial charge in [-0.1, -0.05) is 27.2 Å². The second-order valence-electron chi connectivity index (χ2n) is 4.92. The number of rotatable bonds is 0. The first kappa shape index (κ1) is 10.3. The third-order valence-electron chi connectivity index (χ3n) is 2.88. The van der Waals surface area contributed by atoms with Crippen LogP contribution in [0.4, 0.5) is 0 Å². The summed E-state index contributed by atoms with van der Waals surface area (Å²) >= 11 is 6.17. The van der Waals surface area contributed by atoms with Gasteiger partial charge >= 0.3 is 0 Å². The summed E-state index contributed by atoms with van der Waals surface area (Å²) in [5.41, 5.74) is 0.230. The van der Waals surface area contributed by atoms with Crippen LogP contribution in [0.5, 0.6) is 0 Å². The SMILES string of the molecule is CC(C)(C)C1CCCC(O)C1Cl. The molecule has 1 nitrogen and oxygen atoms in total. The van der Waals surface area contributed by atoms with Gasteiger partial charge in [0.05, 0.1) is 11.5 Å². The molecule has 0 bridgehead atoms. The first-order chi connectivity index (χ1) is 5.43. The summed E-state index contributed by atoms with van der Waals surface area (Å²) in [6, 6.07) is 0. The standard InChI is InChI=1S/C10H19ClO/c1-10(2,3)7-5-4-6-8(12)9(7)11/h7-9,12H,4-6H2,1-3H3. The molecule has 0 heterocycles. The summed E-state index contributed by atoms with van der Waals surface area (Å²) in [4.78, 5) is 0. The van der Waals surface area contributed by atoms with Crippen molar-refractivity contribution in [3.05, 3.63) is 0 Å². The fourth-order valence-corrected chi connectivity index (χ4v) is 2.67. The van der Waals surface area contributed by atoms with E-state index in [-0.39, 0.29) is 16.9 Å². The predicted molar refractivity (Wildman–Crippen MR) is 52.4 cm³/mol. The second-order valence-corrected chi connectivity index (χ2v) is 5.42. The van der Waals surface area contributed by atoms with Crippen molar-refractivity contribution in [3.8, 4) is 0 Å². The smallest absolute Gasteiger partial charge is 0.0706 e. The van der Waals surface area contributed by atoms with E-state index in [1.54, 1.807) is 0 Å². The summed E-state index contributed by atoms with van der Waals surface area (Å²) in [7, 11) is 0. The van der Waals surface area contributed by atoms with Gasteiger partial charge in [0.25, 0.3) is 0 Å². The highest BCUT2D eigenvalue weighted by Crippen LogP contribution is 2.40. The van der Waals surface area contributed by atoms with Gasteiger partial charge in [0, 0.05) is 0 Å². The molecule has 0 radical (unpaired) electrons. The summed E-state index contributed by atoms with van der Waals surface area (Å²) in [5.74, 6) is 0.461. The molecule has 0 aromatic heterocycles. The molecule has 2 heteroatoms. The summed E-state index contributed by atoms with van der Waals surface area (Å²) in [6.07, 6.45) is 2.87. The van der Waals surface area contributed by atoms with Crippen molar-refractivity contribution in [1.29, 1.82) is 0 Å². The Kier molecular flexibility index (Phi) is 3.06. The molecule has 12 heavy (non-hydrogen) atoms. The molecule has 0 amide bonds. The van der Waals surface area contributed by atoms with Crippen LogP contribution in [0.15, 0.2) is 0 Å². The van der Waals surface area contributed by atoms with Crippen molar-refractivity contribution in [2.75, 3.05) is 0 Å². The molecule has 1 saturated carbocycles. The minimum absolute atomic E-state index is 0.0428. The van der Waals surface area contributed by atoms with Crippen LogP contribution in [0.3, 0.4) is 0 Å². The molecule has 0 aliphatic heterocycles. The highest BCUT2D eigenvalue weighted by atomic mass is 35.5. The highest BCUT2D eigenvalue weighted by molar-refractivity contribution is 6.21. The molecule has 1 rings (SSSR count). The minimum Gasteiger partial charge on any atom is -0.392 e. The summed E-state index contributed by atoms with van der Waals surface area (Å²) in [6.45, 7) is 6.60. The van der Waals surface area contributed by atoms with E-state index in [1.165, 1.54) is 0 Å². The van der Waals surface area contributed by atoms with Crippen LogP contribution >= 0.6 is 11.6 Å². The van der Waals surface area contributed by atoms with E-state index in [4.69, 9.17) is 11.6 Å². The number of hydrogen-bond donors (Lipinski definition) is 1. The molecule has 3 unspecified atom stereocenters. The number of halogens is 1. The second kappa shape index (κ2) is 3.55. The van der Waals surface area contributed by atoms with E-state index in [1.807, 2.05) is 0 Å². The molecule has 0 spiro atoms. The number of alkyl halides is 1. The normalized spacial score (nSPS) is 38.2. The summed E-state index contributed by atoms with van der Waals surface area (Å²) in [5, 5.41) is 9.54. The van der Waals surface area contributed by atoms with Gasteiger partial charge in [-0.2, -0.15) is 0 Å². The molecule has 1 fully saturated rings.